The predicted molar refractivity (Wildman–Crippen MR) is 79.9 cm³/mol. The molecule has 0 atom stereocenters. The van der Waals surface area contributed by atoms with Gasteiger partial charge in [0.1, 0.15) is 11.3 Å². The van der Waals surface area contributed by atoms with Crippen molar-refractivity contribution in [3.8, 4) is 17.1 Å². The summed E-state index contributed by atoms with van der Waals surface area (Å²) >= 11 is 3.45. The van der Waals surface area contributed by atoms with Crippen LogP contribution in [-0.4, -0.2) is 30.5 Å². The van der Waals surface area contributed by atoms with Crippen molar-refractivity contribution in [1.82, 2.24) is 10.1 Å². The van der Waals surface area contributed by atoms with Crippen molar-refractivity contribution >= 4 is 15.9 Å². The molecule has 1 saturated heterocycles. The van der Waals surface area contributed by atoms with E-state index in [1.54, 1.807) is 7.11 Å². The van der Waals surface area contributed by atoms with Crippen molar-refractivity contribution in [2.24, 2.45) is 5.73 Å². The fraction of sp³-hybridized carbons (Fsp3) is 0.429. The molecule has 0 bridgehead atoms. The van der Waals surface area contributed by atoms with Gasteiger partial charge in [0.15, 0.2) is 0 Å². The van der Waals surface area contributed by atoms with E-state index < -0.39 is 5.54 Å². The summed E-state index contributed by atoms with van der Waals surface area (Å²) in [6.07, 6.45) is 1.36. The summed E-state index contributed by atoms with van der Waals surface area (Å²) in [5.41, 5.74) is 6.59. The van der Waals surface area contributed by atoms with Crippen molar-refractivity contribution in [2.75, 3.05) is 20.3 Å². The number of benzene rings is 1. The molecule has 0 saturated carbocycles. The van der Waals surface area contributed by atoms with Crippen LogP contribution in [-0.2, 0) is 10.3 Å². The Morgan fingerprint density at radius 2 is 2.10 bits per heavy atom. The van der Waals surface area contributed by atoms with E-state index in [0.29, 0.717) is 37.8 Å². The lowest BCUT2D eigenvalue weighted by Crippen LogP contribution is -2.42. The average Bonchev–Trinajstić information content (AvgIpc) is 2.98. The molecule has 0 unspecified atom stereocenters. The molecule has 1 aliphatic rings. The minimum absolute atomic E-state index is 0.466. The number of nitrogens with two attached hydrogens (primary N) is 1. The quantitative estimate of drug-likeness (QED) is 0.912. The lowest BCUT2D eigenvalue weighted by molar-refractivity contribution is 0.0400. The summed E-state index contributed by atoms with van der Waals surface area (Å²) in [7, 11) is 1.62. The van der Waals surface area contributed by atoms with Crippen LogP contribution in [0.4, 0.5) is 0 Å². The number of methoxy groups -OCH3 is 1. The van der Waals surface area contributed by atoms with Crippen LogP contribution >= 0.6 is 15.9 Å². The first-order chi connectivity index (χ1) is 10.1. The number of aromatic nitrogens is 2. The minimum Gasteiger partial charge on any atom is -0.496 e. The molecule has 6 nitrogen and oxygen atoms in total. The maximum absolute atomic E-state index is 6.34. The maximum Gasteiger partial charge on any atom is 0.247 e. The summed E-state index contributed by atoms with van der Waals surface area (Å²) in [5, 5.41) is 4.03. The Morgan fingerprint density at radius 1 is 1.33 bits per heavy atom. The molecule has 2 N–H and O–H groups in total. The molecule has 1 aliphatic heterocycles. The highest BCUT2D eigenvalue weighted by Gasteiger charge is 2.35. The Hall–Kier alpha value is -1.44. The van der Waals surface area contributed by atoms with E-state index >= 15 is 0 Å². The van der Waals surface area contributed by atoms with Crippen molar-refractivity contribution in [3.05, 3.63) is 28.6 Å². The number of hydrogen-bond acceptors (Lipinski definition) is 6. The maximum atomic E-state index is 6.34. The van der Waals surface area contributed by atoms with Crippen molar-refractivity contribution in [3.63, 3.8) is 0 Å². The van der Waals surface area contributed by atoms with E-state index in [0.717, 1.165) is 15.8 Å². The minimum atomic E-state index is -0.590. The average molecular weight is 354 g/mol. The van der Waals surface area contributed by atoms with Gasteiger partial charge < -0.3 is 19.7 Å². The van der Waals surface area contributed by atoms with E-state index in [9.17, 15) is 0 Å². The van der Waals surface area contributed by atoms with Gasteiger partial charge in [-0.25, -0.2) is 0 Å². The van der Waals surface area contributed by atoms with Crippen molar-refractivity contribution in [2.45, 2.75) is 18.4 Å². The summed E-state index contributed by atoms with van der Waals surface area (Å²) < 4.78 is 16.7. The lowest BCUT2D eigenvalue weighted by Gasteiger charge is -2.29. The molecule has 0 spiro atoms. The second-order valence-corrected chi connectivity index (χ2v) is 5.90. The van der Waals surface area contributed by atoms with E-state index in [1.165, 1.54) is 0 Å². The zero-order chi connectivity index (χ0) is 14.9. The van der Waals surface area contributed by atoms with Gasteiger partial charge in [-0.1, -0.05) is 5.16 Å². The van der Waals surface area contributed by atoms with E-state index in [2.05, 4.69) is 26.1 Å². The lowest BCUT2D eigenvalue weighted by atomic mass is 9.91. The topological polar surface area (TPSA) is 83.4 Å². The molecule has 1 aromatic carbocycles. The number of nitrogens with zero attached hydrogens (tertiary/aromatic N) is 2. The highest BCUT2D eigenvalue weighted by atomic mass is 79.9. The third kappa shape index (κ3) is 2.81. The Morgan fingerprint density at radius 3 is 2.76 bits per heavy atom. The molecule has 1 aromatic heterocycles. The van der Waals surface area contributed by atoms with Crippen LogP contribution in [0.15, 0.2) is 27.2 Å². The van der Waals surface area contributed by atoms with Crippen LogP contribution in [0.1, 0.15) is 18.7 Å². The second kappa shape index (κ2) is 5.75. The fourth-order valence-electron chi connectivity index (χ4n) is 2.30. The van der Waals surface area contributed by atoms with Gasteiger partial charge in [0.25, 0.3) is 0 Å². The number of halogens is 1. The standard InChI is InChI=1S/C14H16BrN3O3/c1-19-11-3-2-9(8-10(11)15)12-17-13(21-18-12)14(16)4-6-20-7-5-14/h2-3,8H,4-7,16H2,1H3. The Bertz CT molecular complexity index is 638. The molecule has 21 heavy (non-hydrogen) atoms. The highest BCUT2D eigenvalue weighted by molar-refractivity contribution is 9.10. The largest absolute Gasteiger partial charge is 0.496 e. The summed E-state index contributed by atoms with van der Waals surface area (Å²) in [6.45, 7) is 1.23. The Kier molecular flexibility index (Phi) is 3.97. The van der Waals surface area contributed by atoms with Crippen LogP contribution in [0.25, 0.3) is 11.4 Å². The smallest absolute Gasteiger partial charge is 0.247 e. The third-order valence-electron chi connectivity index (χ3n) is 3.65. The number of rotatable bonds is 3. The first-order valence-corrected chi connectivity index (χ1v) is 7.46. The van der Waals surface area contributed by atoms with Gasteiger partial charge in [-0.2, -0.15) is 4.98 Å². The molecule has 3 rings (SSSR count). The zero-order valence-corrected chi connectivity index (χ0v) is 13.2. The van der Waals surface area contributed by atoms with Crippen LogP contribution in [0.2, 0.25) is 0 Å². The number of ether oxygens (including phenoxy) is 2. The van der Waals surface area contributed by atoms with Crippen LogP contribution in [0.3, 0.4) is 0 Å². The first-order valence-electron chi connectivity index (χ1n) is 6.67. The molecule has 1 fully saturated rings. The van der Waals surface area contributed by atoms with Crippen LogP contribution in [0, 0.1) is 0 Å². The normalized spacial score (nSPS) is 17.7. The highest BCUT2D eigenvalue weighted by Crippen LogP contribution is 2.32. The number of hydrogen-bond donors (Lipinski definition) is 1. The molecular formula is C14H16BrN3O3. The summed E-state index contributed by atoms with van der Waals surface area (Å²) in [6, 6.07) is 5.62. The Balaban J connectivity index is 1.89. The summed E-state index contributed by atoms with van der Waals surface area (Å²) in [5.74, 6) is 1.74. The van der Waals surface area contributed by atoms with Gasteiger partial charge >= 0.3 is 0 Å². The molecule has 2 heterocycles. The second-order valence-electron chi connectivity index (χ2n) is 5.04. The first kappa shape index (κ1) is 14.5. The van der Waals surface area contributed by atoms with Gasteiger partial charge in [-0.05, 0) is 47.0 Å². The van der Waals surface area contributed by atoms with Gasteiger partial charge in [0.2, 0.25) is 11.7 Å². The van der Waals surface area contributed by atoms with Crippen LogP contribution < -0.4 is 10.5 Å². The summed E-state index contributed by atoms with van der Waals surface area (Å²) in [4.78, 5) is 4.45. The zero-order valence-electron chi connectivity index (χ0n) is 11.6. The van der Waals surface area contributed by atoms with Crippen LogP contribution in [0.5, 0.6) is 5.75 Å². The molecule has 0 aliphatic carbocycles. The van der Waals surface area contributed by atoms with Gasteiger partial charge in [-0.15, -0.1) is 0 Å². The monoisotopic (exact) mass is 353 g/mol. The van der Waals surface area contributed by atoms with E-state index in [-0.39, 0.29) is 0 Å². The van der Waals surface area contributed by atoms with Crippen molar-refractivity contribution < 1.29 is 14.0 Å². The predicted octanol–water partition coefficient (Wildman–Crippen LogP) is 2.47. The fourth-order valence-corrected chi connectivity index (χ4v) is 2.84. The molecule has 0 radical (unpaired) electrons. The SMILES string of the molecule is COc1ccc(-c2noc(C3(N)CCOCC3)n2)cc1Br. The molecule has 0 amide bonds. The molecule has 2 aromatic rings. The van der Waals surface area contributed by atoms with Gasteiger partial charge in [0.05, 0.1) is 11.6 Å². The van der Waals surface area contributed by atoms with Gasteiger partial charge in [0, 0.05) is 18.8 Å². The van der Waals surface area contributed by atoms with E-state index in [4.69, 9.17) is 19.7 Å². The molecule has 112 valence electrons. The molecule has 7 heteroatoms. The van der Waals surface area contributed by atoms with E-state index in [1.807, 2.05) is 18.2 Å². The van der Waals surface area contributed by atoms with Gasteiger partial charge in [-0.3, -0.25) is 0 Å². The Labute approximate surface area is 130 Å². The third-order valence-corrected chi connectivity index (χ3v) is 4.27. The molecular weight excluding hydrogens is 338 g/mol. The van der Waals surface area contributed by atoms with Crippen molar-refractivity contribution in [1.29, 1.82) is 0 Å².